The zero-order valence-electron chi connectivity index (χ0n) is 16.7. The van der Waals surface area contributed by atoms with E-state index in [1.165, 1.54) is 6.92 Å². The Hall–Kier alpha value is -1.96. The number of Topliss-reactive ketones (excluding diaryl/α,β-unsaturated/α-hetero) is 1. The van der Waals surface area contributed by atoms with Crippen LogP contribution in [0.15, 0.2) is 30.3 Å². The van der Waals surface area contributed by atoms with Gasteiger partial charge in [0.25, 0.3) is 0 Å². The molecule has 30 heavy (non-hydrogen) atoms. The molecule has 2 aromatic rings. The molecule has 3 N–H and O–H groups in total. The molecule has 0 aliphatic carbocycles. The second-order valence-corrected chi connectivity index (χ2v) is 8.29. The number of ether oxygens (including phenoxy) is 2. The molecule has 4 rings (SSSR count). The second kappa shape index (κ2) is 8.65. The lowest BCUT2D eigenvalue weighted by Crippen LogP contribution is -2.47. The third-order valence-electron chi connectivity index (χ3n) is 5.88. The predicted octanol–water partition coefficient (Wildman–Crippen LogP) is 2.61. The van der Waals surface area contributed by atoms with Gasteiger partial charge >= 0.3 is 0 Å². The maximum absolute atomic E-state index is 11.5. The van der Waals surface area contributed by atoms with Gasteiger partial charge in [-0.2, -0.15) is 0 Å². The van der Waals surface area contributed by atoms with E-state index in [-0.39, 0.29) is 18.8 Å². The van der Waals surface area contributed by atoms with Gasteiger partial charge in [-0.05, 0) is 30.0 Å². The maximum atomic E-state index is 11.5. The van der Waals surface area contributed by atoms with Crippen LogP contribution in [0.1, 0.15) is 52.1 Å². The quantitative estimate of drug-likeness (QED) is 0.628. The molecule has 0 aromatic heterocycles. The average molecular weight is 433 g/mol. The normalized spacial score (nSPS) is 25.6. The molecule has 0 saturated carbocycles. The molecule has 4 unspecified atom stereocenters. The van der Waals surface area contributed by atoms with Gasteiger partial charge < -0.3 is 24.8 Å². The zero-order valence-corrected chi connectivity index (χ0v) is 17.4. The van der Waals surface area contributed by atoms with E-state index in [0.717, 1.165) is 22.3 Å². The molecule has 1 fully saturated rings. The van der Waals surface area contributed by atoms with Crippen LogP contribution in [-0.4, -0.2) is 52.6 Å². The van der Waals surface area contributed by atoms with E-state index >= 15 is 0 Å². The van der Waals surface area contributed by atoms with Crippen molar-refractivity contribution in [3.8, 4) is 5.75 Å². The molecule has 4 atom stereocenters. The van der Waals surface area contributed by atoms with Crippen molar-refractivity contribution in [3.63, 3.8) is 0 Å². The van der Waals surface area contributed by atoms with Gasteiger partial charge in [0.05, 0.1) is 30.4 Å². The first-order valence-electron chi connectivity index (χ1n) is 10.1. The first-order chi connectivity index (χ1) is 14.4. The molecule has 0 amide bonds. The average Bonchev–Trinajstić information content (AvgIpc) is 3.23. The molecular formula is C23H25ClO6. The van der Waals surface area contributed by atoms with Gasteiger partial charge in [-0.3, -0.25) is 4.79 Å². The van der Waals surface area contributed by atoms with Crippen molar-refractivity contribution in [1.29, 1.82) is 0 Å². The van der Waals surface area contributed by atoms with E-state index in [0.29, 0.717) is 35.8 Å². The molecule has 0 radical (unpaired) electrons. The first-order valence-corrected chi connectivity index (χ1v) is 10.5. The molecule has 6 nitrogen and oxygen atoms in total. The SMILES string of the molecule is CC(=O)c1ccc(Cc2cc(C3CC(O)C(O)C(CO)O3)c3c(c2Cl)OCC3)cc1. The van der Waals surface area contributed by atoms with Crippen molar-refractivity contribution in [2.75, 3.05) is 13.2 Å². The summed E-state index contributed by atoms with van der Waals surface area (Å²) in [5.74, 6) is 0.649. The van der Waals surface area contributed by atoms with E-state index in [1.54, 1.807) is 12.1 Å². The highest BCUT2D eigenvalue weighted by Gasteiger charge is 2.39. The first kappa shape index (κ1) is 21.3. The number of carbonyl (C=O) groups excluding carboxylic acids is 1. The molecule has 7 heteroatoms. The fourth-order valence-electron chi connectivity index (χ4n) is 4.21. The van der Waals surface area contributed by atoms with Crippen LogP contribution in [0.2, 0.25) is 5.02 Å². The lowest BCUT2D eigenvalue weighted by Gasteiger charge is -2.37. The molecule has 2 aliphatic rings. The minimum atomic E-state index is -1.12. The van der Waals surface area contributed by atoms with Crippen LogP contribution in [0.5, 0.6) is 5.75 Å². The van der Waals surface area contributed by atoms with E-state index in [9.17, 15) is 20.1 Å². The summed E-state index contributed by atoms with van der Waals surface area (Å²) in [6, 6.07) is 9.37. The summed E-state index contributed by atoms with van der Waals surface area (Å²) < 4.78 is 11.7. The van der Waals surface area contributed by atoms with Gasteiger partial charge in [-0.15, -0.1) is 0 Å². The maximum Gasteiger partial charge on any atom is 0.159 e. The highest BCUT2D eigenvalue weighted by Crippen LogP contribution is 2.44. The fraction of sp³-hybridized carbons (Fsp3) is 0.435. The van der Waals surface area contributed by atoms with Gasteiger partial charge in [-0.1, -0.05) is 41.9 Å². The summed E-state index contributed by atoms with van der Waals surface area (Å²) in [4.78, 5) is 11.5. The summed E-state index contributed by atoms with van der Waals surface area (Å²) in [5, 5.41) is 30.4. The van der Waals surface area contributed by atoms with Crippen LogP contribution in [0, 0.1) is 0 Å². The smallest absolute Gasteiger partial charge is 0.159 e. The van der Waals surface area contributed by atoms with Crippen molar-refractivity contribution in [1.82, 2.24) is 0 Å². The Labute approximate surface area is 180 Å². The summed E-state index contributed by atoms with van der Waals surface area (Å²) in [6.07, 6.45) is -2.00. The van der Waals surface area contributed by atoms with E-state index < -0.39 is 24.4 Å². The van der Waals surface area contributed by atoms with Crippen LogP contribution in [0.4, 0.5) is 0 Å². The number of benzene rings is 2. The predicted molar refractivity (Wildman–Crippen MR) is 111 cm³/mol. The number of fused-ring (bicyclic) bond motifs is 1. The number of hydrogen-bond acceptors (Lipinski definition) is 6. The fourth-order valence-corrected chi connectivity index (χ4v) is 4.50. The van der Waals surface area contributed by atoms with Crippen LogP contribution in [0.3, 0.4) is 0 Å². The number of rotatable bonds is 5. The summed E-state index contributed by atoms with van der Waals surface area (Å²) in [7, 11) is 0. The summed E-state index contributed by atoms with van der Waals surface area (Å²) in [5.41, 5.74) is 4.32. The minimum Gasteiger partial charge on any atom is -0.491 e. The van der Waals surface area contributed by atoms with Gasteiger partial charge in [-0.25, -0.2) is 0 Å². The highest BCUT2D eigenvalue weighted by molar-refractivity contribution is 6.33. The Morgan fingerprint density at radius 1 is 1.23 bits per heavy atom. The van der Waals surface area contributed by atoms with Crippen LogP contribution in [0.25, 0.3) is 0 Å². The van der Waals surface area contributed by atoms with Crippen molar-refractivity contribution in [3.05, 3.63) is 63.2 Å². The van der Waals surface area contributed by atoms with Gasteiger partial charge in [0, 0.05) is 24.0 Å². The third kappa shape index (κ3) is 3.98. The van der Waals surface area contributed by atoms with Crippen molar-refractivity contribution < 1.29 is 29.6 Å². The van der Waals surface area contributed by atoms with Crippen LogP contribution >= 0.6 is 11.6 Å². The number of hydrogen-bond donors (Lipinski definition) is 3. The van der Waals surface area contributed by atoms with Crippen molar-refractivity contribution in [2.24, 2.45) is 0 Å². The number of aliphatic hydroxyl groups is 3. The van der Waals surface area contributed by atoms with E-state index in [1.807, 2.05) is 18.2 Å². The number of halogens is 1. The van der Waals surface area contributed by atoms with Gasteiger partial charge in [0.2, 0.25) is 0 Å². The Morgan fingerprint density at radius 2 is 1.97 bits per heavy atom. The van der Waals surface area contributed by atoms with Crippen molar-refractivity contribution in [2.45, 2.75) is 50.6 Å². The lowest BCUT2D eigenvalue weighted by molar-refractivity contribution is -0.181. The Morgan fingerprint density at radius 3 is 2.63 bits per heavy atom. The van der Waals surface area contributed by atoms with Crippen LogP contribution in [-0.2, 0) is 17.6 Å². The highest BCUT2D eigenvalue weighted by atomic mass is 35.5. The lowest BCUT2D eigenvalue weighted by atomic mass is 9.88. The second-order valence-electron chi connectivity index (χ2n) is 7.91. The van der Waals surface area contributed by atoms with Gasteiger partial charge in [0.1, 0.15) is 18.0 Å². The Kier molecular flexibility index (Phi) is 6.14. The topological polar surface area (TPSA) is 96.2 Å². The van der Waals surface area contributed by atoms with Crippen LogP contribution < -0.4 is 4.74 Å². The van der Waals surface area contributed by atoms with Crippen molar-refractivity contribution >= 4 is 17.4 Å². The summed E-state index contributed by atoms with van der Waals surface area (Å²) >= 11 is 6.66. The van der Waals surface area contributed by atoms with E-state index in [2.05, 4.69) is 0 Å². The molecule has 2 heterocycles. The molecule has 2 aliphatic heterocycles. The standard InChI is InChI=1S/C23H25ClO6/c1-12(26)14-4-2-13(3-5-14)8-15-9-17(16-6-7-29-23(16)21(15)24)19-10-18(27)22(28)20(11-25)30-19/h2-5,9,18-20,22,25,27-28H,6-8,10-11H2,1H3. The monoisotopic (exact) mass is 432 g/mol. The van der Waals surface area contributed by atoms with E-state index in [4.69, 9.17) is 21.1 Å². The Bertz CT molecular complexity index is 942. The third-order valence-corrected chi connectivity index (χ3v) is 6.30. The molecule has 0 spiro atoms. The molecule has 1 saturated heterocycles. The minimum absolute atomic E-state index is 0.0152. The molecular weight excluding hydrogens is 408 g/mol. The molecule has 0 bridgehead atoms. The zero-order chi connectivity index (χ0) is 21.4. The molecule has 2 aromatic carbocycles. The number of carbonyl (C=O) groups is 1. The summed E-state index contributed by atoms with van der Waals surface area (Å²) in [6.45, 7) is 1.67. The molecule has 160 valence electrons. The number of aliphatic hydroxyl groups excluding tert-OH is 3. The largest absolute Gasteiger partial charge is 0.491 e. The number of ketones is 1. The Balaban J connectivity index is 1.68. The van der Waals surface area contributed by atoms with Gasteiger partial charge in [0.15, 0.2) is 5.78 Å².